The molecule has 6 nitrogen and oxygen atoms in total. The Morgan fingerprint density at radius 3 is 2.81 bits per heavy atom. The molecular formula is C14H22ClN5O. The third-order valence-corrected chi connectivity index (χ3v) is 4.03. The second kappa shape index (κ2) is 6.32. The van der Waals surface area contributed by atoms with E-state index >= 15 is 0 Å². The lowest BCUT2D eigenvalue weighted by Gasteiger charge is -2.15. The van der Waals surface area contributed by atoms with Gasteiger partial charge in [-0.25, -0.2) is 0 Å². The van der Waals surface area contributed by atoms with Gasteiger partial charge >= 0.3 is 6.01 Å². The van der Waals surface area contributed by atoms with E-state index in [1.807, 2.05) is 13.8 Å². The highest BCUT2D eigenvalue weighted by Crippen LogP contribution is 2.31. The van der Waals surface area contributed by atoms with Gasteiger partial charge in [-0.05, 0) is 57.2 Å². The molecule has 2 heterocycles. The van der Waals surface area contributed by atoms with Crippen LogP contribution in [0.3, 0.4) is 0 Å². The predicted octanol–water partition coefficient (Wildman–Crippen LogP) is 2.21. The Morgan fingerprint density at radius 2 is 2.10 bits per heavy atom. The van der Waals surface area contributed by atoms with Crippen LogP contribution in [0.4, 0.5) is 5.95 Å². The number of anilines is 1. The highest BCUT2D eigenvalue weighted by molar-refractivity contribution is 6.28. The molecule has 2 aliphatic rings. The van der Waals surface area contributed by atoms with E-state index in [1.165, 1.54) is 32.4 Å². The van der Waals surface area contributed by atoms with Gasteiger partial charge in [0, 0.05) is 19.1 Å². The summed E-state index contributed by atoms with van der Waals surface area (Å²) in [6, 6.07) is 1.13. The maximum atomic E-state index is 5.91. The van der Waals surface area contributed by atoms with Crippen molar-refractivity contribution < 1.29 is 4.74 Å². The molecule has 0 aromatic carbocycles. The number of likely N-dealkylation sites (tertiary alicyclic amines) is 1. The molecule has 7 heteroatoms. The highest BCUT2D eigenvalue weighted by atomic mass is 35.5. The van der Waals surface area contributed by atoms with Crippen LogP contribution in [-0.2, 0) is 0 Å². The Bertz CT molecular complexity index is 494. The van der Waals surface area contributed by atoms with Crippen LogP contribution in [0, 0.1) is 5.92 Å². The van der Waals surface area contributed by atoms with E-state index in [2.05, 4.69) is 25.2 Å². The van der Waals surface area contributed by atoms with Crippen molar-refractivity contribution in [2.75, 3.05) is 25.0 Å². The number of halogens is 1. The first kappa shape index (κ1) is 14.8. The van der Waals surface area contributed by atoms with Crippen molar-refractivity contribution in [3.05, 3.63) is 5.28 Å². The van der Waals surface area contributed by atoms with Crippen LogP contribution in [0.25, 0.3) is 0 Å². The molecule has 1 unspecified atom stereocenters. The topological polar surface area (TPSA) is 63.2 Å². The molecule has 0 bridgehead atoms. The number of aromatic nitrogens is 3. The molecule has 1 aromatic heterocycles. The lowest BCUT2D eigenvalue weighted by Crippen LogP contribution is -2.25. The quantitative estimate of drug-likeness (QED) is 0.869. The molecule has 1 N–H and O–H groups in total. The third kappa shape index (κ3) is 4.17. The molecule has 2 fully saturated rings. The maximum Gasteiger partial charge on any atom is 0.322 e. The Hall–Kier alpha value is -1.14. The van der Waals surface area contributed by atoms with Gasteiger partial charge in [-0.15, -0.1) is 0 Å². The lowest BCUT2D eigenvalue weighted by atomic mass is 10.1. The highest BCUT2D eigenvalue weighted by Gasteiger charge is 2.34. The summed E-state index contributed by atoms with van der Waals surface area (Å²) in [5.41, 5.74) is 0. The van der Waals surface area contributed by atoms with Crippen LogP contribution in [-0.4, -0.2) is 51.6 Å². The van der Waals surface area contributed by atoms with Crippen LogP contribution in [0.1, 0.15) is 33.1 Å². The van der Waals surface area contributed by atoms with E-state index in [-0.39, 0.29) is 17.4 Å². The van der Waals surface area contributed by atoms with Gasteiger partial charge in [-0.1, -0.05) is 0 Å². The zero-order valence-corrected chi connectivity index (χ0v) is 13.3. The summed E-state index contributed by atoms with van der Waals surface area (Å²) >= 11 is 5.91. The van der Waals surface area contributed by atoms with Crippen molar-refractivity contribution in [2.24, 2.45) is 5.92 Å². The number of nitrogens with zero attached hydrogens (tertiary/aromatic N) is 4. The molecule has 0 radical (unpaired) electrons. The second-order valence-corrected chi connectivity index (χ2v) is 6.48. The van der Waals surface area contributed by atoms with Gasteiger partial charge < -0.3 is 15.0 Å². The summed E-state index contributed by atoms with van der Waals surface area (Å²) in [4.78, 5) is 14.9. The molecule has 21 heavy (non-hydrogen) atoms. The first-order valence-corrected chi connectivity index (χ1v) is 8.04. The SMILES string of the molecule is CC(C)Oc1nc(Cl)nc(NCC2CCN(C3CC3)C2)n1. The smallest absolute Gasteiger partial charge is 0.322 e. The van der Waals surface area contributed by atoms with E-state index in [0.29, 0.717) is 11.9 Å². The van der Waals surface area contributed by atoms with Crippen molar-refractivity contribution in [3.8, 4) is 6.01 Å². The van der Waals surface area contributed by atoms with E-state index in [9.17, 15) is 0 Å². The van der Waals surface area contributed by atoms with E-state index < -0.39 is 0 Å². The average Bonchev–Trinajstić information content (AvgIpc) is 3.14. The summed E-state index contributed by atoms with van der Waals surface area (Å²) in [5, 5.41) is 3.43. The Kier molecular flexibility index (Phi) is 4.45. The fourth-order valence-corrected chi connectivity index (χ4v) is 2.86. The maximum absolute atomic E-state index is 5.91. The van der Waals surface area contributed by atoms with Gasteiger partial charge in [-0.3, -0.25) is 0 Å². The predicted molar refractivity (Wildman–Crippen MR) is 81.8 cm³/mol. The molecule has 1 aliphatic heterocycles. The zero-order valence-electron chi connectivity index (χ0n) is 12.5. The largest absolute Gasteiger partial charge is 0.461 e. The fourth-order valence-electron chi connectivity index (χ4n) is 2.71. The fraction of sp³-hybridized carbons (Fsp3) is 0.786. The van der Waals surface area contributed by atoms with Gasteiger partial charge in [0.1, 0.15) is 0 Å². The Balaban J connectivity index is 1.53. The van der Waals surface area contributed by atoms with Crippen LogP contribution >= 0.6 is 11.6 Å². The minimum Gasteiger partial charge on any atom is -0.461 e. The van der Waals surface area contributed by atoms with Gasteiger partial charge in [0.15, 0.2) is 0 Å². The van der Waals surface area contributed by atoms with Gasteiger partial charge in [-0.2, -0.15) is 15.0 Å². The van der Waals surface area contributed by atoms with Gasteiger partial charge in [0.05, 0.1) is 6.10 Å². The number of rotatable bonds is 6. The zero-order chi connectivity index (χ0) is 14.8. The third-order valence-electron chi connectivity index (χ3n) is 3.86. The lowest BCUT2D eigenvalue weighted by molar-refractivity contribution is 0.222. The molecule has 1 aliphatic carbocycles. The molecule has 116 valence electrons. The number of hydrogen-bond acceptors (Lipinski definition) is 6. The Labute approximate surface area is 130 Å². The molecule has 3 rings (SSSR count). The summed E-state index contributed by atoms with van der Waals surface area (Å²) in [6.45, 7) is 7.11. The molecule has 1 saturated heterocycles. The second-order valence-electron chi connectivity index (χ2n) is 6.14. The van der Waals surface area contributed by atoms with Crippen LogP contribution in [0.15, 0.2) is 0 Å². The summed E-state index contributed by atoms with van der Waals surface area (Å²) in [6.07, 6.45) is 3.99. The number of nitrogens with one attached hydrogen (secondary N) is 1. The molecular weight excluding hydrogens is 290 g/mol. The molecule has 0 amide bonds. The van der Waals surface area contributed by atoms with Gasteiger partial charge in [0.25, 0.3) is 0 Å². The minimum atomic E-state index is 0.0123. The summed E-state index contributed by atoms with van der Waals surface area (Å²) in [5.74, 6) is 1.14. The van der Waals surface area contributed by atoms with Crippen LogP contribution in [0.2, 0.25) is 5.28 Å². The van der Waals surface area contributed by atoms with Crippen LogP contribution in [0.5, 0.6) is 6.01 Å². The molecule has 1 atom stereocenters. The van der Waals surface area contributed by atoms with Crippen molar-refractivity contribution in [3.63, 3.8) is 0 Å². The van der Waals surface area contributed by atoms with Crippen molar-refractivity contribution >= 4 is 17.5 Å². The molecule has 1 saturated carbocycles. The molecule has 1 aromatic rings. The first-order chi connectivity index (χ1) is 10.1. The van der Waals surface area contributed by atoms with Crippen molar-refractivity contribution in [2.45, 2.75) is 45.3 Å². The van der Waals surface area contributed by atoms with E-state index in [1.54, 1.807) is 0 Å². The average molecular weight is 312 g/mol. The Morgan fingerprint density at radius 1 is 1.29 bits per heavy atom. The number of hydrogen-bond donors (Lipinski definition) is 1. The van der Waals surface area contributed by atoms with Crippen LogP contribution < -0.4 is 10.1 Å². The standard InChI is InChI=1S/C14H22ClN5O/c1-9(2)21-14-18-12(15)17-13(19-14)16-7-10-5-6-20(8-10)11-3-4-11/h9-11H,3-8H2,1-2H3,(H,16,17,18,19). The van der Waals surface area contributed by atoms with E-state index in [4.69, 9.17) is 16.3 Å². The van der Waals surface area contributed by atoms with Crippen molar-refractivity contribution in [1.29, 1.82) is 0 Å². The molecule has 0 spiro atoms. The number of ether oxygens (including phenoxy) is 1. The van der Waals surface area contributed by atoms with Crippen molar-refractivity contribution in [1.82, 2.24) is 19.9 Å². The summed E-state index contributed by atoms with van der Waals surface area (Å²) in [7, 11) is 0. The minimum absolute atomic E-state index is 0.0123. The first-order valence-electron chi connectivity index (χ1n) is 7.66. The monoisotopic (exact) mass is 311 g/mol. The summed E-state index contributed by atoms with van der Waals surface area (Å²) < 4.78 is 5.47. The van der Waals surface area contributed by atoms with E-state index in [0.717, 1.165) is 12.6 Å². The van der Waals surface area contributed by atoms with Gasteiger partial charge in [0.2, 0.25) is 11.2 Å². The normalized spacial score (nSPS) is 22.8.